The van der Waals surface area contributed by atoms with Crippen LogP contribution >= 0.6 is 39.1 Å². The van der Waals surface area contributed by atoms with Crippen molar-refractivity contribution in [1.82, 2.24) is 15.4 Å². The van der Waals surface area contributed by atoms with Gasteiger partial charge in [-0.15, -0.1) is 11.6 Å². The van der Waals surface area contributed by atoms with E-state index < -0.39 is 5.91 Å². The second kappa shape index (κ2) is 7.91. The van der Waals surface area contributed by atoms with E-state index in [9.17, 15) is 4.79 Å². The summed E-state index contributed by atoms with van der Waals surface area (Å²) in [7, 11) is 0. The van der Waals surface area contributed by atoms with E-state index in [1.165, 1.54) is 6.21 Å². The number of nitrogens with zero attached hydrogens (tertiary/aromatic N) is 3. The number of fused-ring (bicyclic) bond motifs is 1. The van der Waals surface area contributed by atoms with Gasteiger partial charge in [-0.1, -0.05) is 45.7 Å². The van der Waals surface area contributed by atoms with Gasteiger partial charge in [0.05, 0.1) is 17.4 Å². The van der Waals surface area contributed by atoms with Crippen molar-refractivity contribution in [3.8, 4) is 11.3 Å². The number of hydrogen-bond donors (Lipinski definition) is 1. The Hall–Kier alpha value is -2.02. The molecule has 1 heterocycles. The molecule has 25 heavy (non-hydrogen) atoms. The summed E-state index contributed by atoms with van der Waals surface area (Å²) >= 11 is 15.2. The third kappa shape index (κ3) is 4.15. The fourth-order valence-corrected chi connectivity index (χ4v) is 2.87. The molecule has 0 spiro atoms. The molecule has 2 aromatic carbocycles. The first-order valence-corrected chi connectivity index (χ1v) is 8.89. The SMILES string of the molecule is O=C(CCl)N/N=C/c1nc(-c2ccccc2Cl)c2cc(Br)ccc2n1. The summed E-state index contributed by atoms with van der Waals surface area (Å²) in [6, 6.07) is 13.1. The minimum atomic E-state index is -0.408. The summed E-state index contributed by atoms with van der Waals surface area (Å²) in [5.41, 5.74) is 4.50. The number of carbonyl (C=O) groups is 1. The first kappa shape index (κ1) is 17.8. The zero-order valence-corrected chi connectivity index (χ0v) is 15.8. The Morgan fingerprint density at radius 3 is 2.80 bits per heavy atom. The van der Waals surface area contributed by atoms with Crippen LogP contribution in [0, 0.1) is 0 Å². The Bertz CT molecular complexity index is 978. The molecular weight excluding hydrogens is 427 g/mol. The van der Waals surface area contributed by atoms with Crippen molar-refractivity contribution in [3.05, 3.63) is 57.8 Å². The van der Waals surface area contributed by atoms with Crippen LogP contribution in [0.4, 0.5) is 0 Å². The summed E-state index contributed by atoms with van der Waals surface area (Å²) in [5, 5.41) is 5.25. The molecule has 3 rings (SSSR count). The highest BCUT2D eigenvalue weighted by atomic mass is 79.9. The van der Waals surface area contributed by atoms with E-state index in [2.05, 4.69) is 36.4 Å². The van der Waals surface area contributed by atoms with Crippen molar-refractivity contribution in [2.24, 2.45) is 5.10 Å². The van der Waals surface area contributed by atoms with Gasteiger partial charge in [-0.2, -0.15) is 5.10 Å². The van der Waals surface area contributed by atoms with E-state index in [-0.39, 0.29) is 5.88 Å². The molecule has 0 saturated carbocycles. The fourth-order valence-electron chi connectivity index (χ4n) is 2.23. The number of halogens is 3. The lowest BCUT2D eigenvalue weighted by Gasteiger charge is -2.09. The van der Waals surface area contributed by atoms with Crippen LogP contribution in [0.25, 0.3) is 22.2 Å². The number of nitrogens with one attached hydrogen (secondary N) is 1. The summed E-state index contributed by atoms with van der Waals surface area (Å²) < 4.78 is 0.910. The van der Waals surface area contributed by atoms with Gasteiger partial charge in [-0.25, -0.2) is 15.4 Å². The van der Waals surface area contributed by atoms with E-state index >= 15 is 0 Å². The average Bonchev–Trinajstić information content (AvgIpc) is 2.61. The van der Waals surface area contributed by atoms with E-state index in [1.807, 2.05) is 36.4 Å². The Kier molecular flexibility index (Phi) is 5.63. The molecule has 0 unspecified atom stereocenters. The summed E-state index contributed by atoms with van der Waals surface area (Å²) in [6.45, 7) is 0. The van der Waals surface area contributed by atoms with Gasteiger partial charge in [0.2, 0.25) is 0 Å². The van der Waals surface area contributed by atoms with Crippen molar-refractivity contribution < 1.29 is 4.79 Å². The van der Waals surface area contributed by atoms with Crippen molar-refractivity contribution in [1.29, 1.82) is 0 Å². The smallest absolute Gasteiger partial charge is 0.254 e. The minimum absolute atomic E-state index is 0.172. The lowest BCUT2D eigenvalue weighted by atomic mass is 10.1. The number of benzene rings is 2. The normalized spacial score (nSPS) is 11.2. The number of rotatable bonds is 4. The number of aromatic nitrogens is 2. The molecule has 126 valence electrons. The lowest BCUT2D eigenvalue weighted by molar-refractivity contribution is -0.118. The van der Waals surface area contributed by atoms with Crippen LogP contribution in [0.3, 0.4) is 0 Å². The predicted octanol–water partition coefficient (Wildman–Crippen LogP) is 4.40. The molecule has 5 nitrogen and oxygen atoms in total. The number of amides is 1. The highest BCUT2D eigenvalue weighted by Crippen LogP contribution is 2.32. The van der Waals surface area contributed by atoms with E-state index in [0.29, 0.717) is 16.5 Å². The third-order valence-electron chi connectivity index (χ3n) is 3.29. The van der Waals surface area contributed by atoms with Crippen molar-refractivity contribution in [2.75, 3.05) is 5.88 Å². The molecule has 0 aliphatic carbocycles. The van der Waals surface area contributed by atoms with Gasteiger partial charge in [0.1, 0.15) is 5.88 Å². The monoisotopic (exact) mass is 436 g/mol. The van der Waals surface area contributed by atoms with Crippen LogP contribution in [-0.2, 0) is 4.79 Å². The van der Waals surface area contributed by atoms with Gasteiger partial charge in [0.25, 0.3) is 5.91 Å². The number of carbonyl (C=O) groups excluding carboxylic acids is 1. The zero-order chi connectivity index (χ0) is 17.8. The maximum Gasteiger partial charge on any atom is 0.254 e. The first-order chi connectivity index (χ1) is 12.1. The van der Waals surface area contributed by atoms with E-state index in [4.69, 9.17) is 23.2 Å². The molecule has 0 atom stereocenters. The molecule has 0 saturated heterocycles. The van der Waals surface area contributed by atoms with E-state index in [1.54, 1.807) is 6.07 Å². The Morgan fingerprint density at radius 2 is 2.04 bits per heavy atom. The molecule has 1 N–H and O–H groups in total. The Morgan fingerprint density at radius 1 is 1.24 bits per heavy atom. The zero-order valence-electron chi connectivity index (χ0n) is 12.7. The van der Waals surface area contributed by atoms with Gasteiger partial charge in [-0.3, -0.25) is 4.79 Å². The van der Waals surface area contributed by atoms with Crippen LogP contribution in [0.5, 0.6) is 0 Å². The maximum absolute atomic E-state index is 11.2. The predicted molar refractivity (Wildman–Crippen MR) is 104 cm³/mol. The lowest BCUT2D eigenvalue weighted by Crippen LogP contribution is -2.18. The van der Waals surface area contributed by atoms with Crippen LogP contribution in [0.15, 0.2) is 52.0 Å². The van der Waals surface area contributed by atoms with Gasteiger partial charge >= 0.3 is 0 Å². The number of alkyl halides is 1. The largest absolute Gasteiger partial charge is 0.272 e. The van der Waals surface area contributed by atoms with Crippen LogP contribution < -0.4 is 5.43 Å². The van der Waals surface area contributed by atoms with Gasteiger partial charge in [0.15, 0.2) is 5.82 Å². The molecule has 0 aliphatic rings. The molecule has 0 aliphatic heterocycles. The average molecular weight is 438 g/mol. The number of hydrazone groups is 1. The standard InChI is InChI=1S/C17H11BrCl2N4O/c18-10-5-6-14-12(7-10)17(11-3-1-2-4-13(11)20)23-15(22-14)9-21-24-16(25)8-19/h1-7,9H,8H2,(H,24,25)/b21-9+. The van der Waals surface area contributed by atoms with Crippen LogP contribution in [0.1, 0.15) is 5.82 Å². The van der Waals surface area contributed by atoms with Crippen molar-refractivity contribution in [3.63, 3.8) is 0 Å². The number of hydrogen-bond acceptors (Lipinski definition) is 4. The third-order valence-corrected chi connectivity index (χ3v) is 4.36. The molecule has 0 bridgehead atoms. The highest BCUT2D eigenvalue weighted by Gasteiger charge is 2.12. The summed E-state index contributed by atoms with van der Waals surface area (Å²) in [6.07, 6.45) is 1.37. The van der Waals surface area contributed by atoms with Gasteiger partial charge < -0.3 is 0 Å². The van der Waals surface area contributed by atoms with Crippen molar-refractivity contribution in [2.45, 2.75) is 0 Å². The Labute approximate surface area is 162 Å². The molecule has 1 amide bonds. The summed E-state index contributed by atoms with van der Waals surface area (Å²) in [5.74, 6) is -0.233. The second-order valence-electron chi connectivity index (χ2n) is 5.00. The highest BCUT2D eigenvalue weighted by molar-refractivity contribution is 9.10. The maximum atomic E-state index is 11.2. The minimum Gasteiger partial charge on any atom is -0.272 e. The molecule has 8 heteroatoms. The summed E-state index contributed by atoms with van der Waals surface area (Å²) in [4.78, 5) is 20.2. The van der Waals surface area contributed by atoms with Crippen molar-refractivity contribution >= 4 is 62.2 Å². The first-order valence-electron chi connectivity index (χ1n) is 7.18. The van der Waals surface area contributed by atoms with Gasteiger partial charge in [-0.05, 0) is 24.3 Å². The second-order valence-corrected chi connectivity index (χ2v) is 6.59. The van der Waals surface area contributed by atoms with Crippen LogP contribution in [0.2, 0.25) is 5.02 Å². The quantitative estimate of drug-likeness (QED) is 0.373. The molecule has 0 radical (unpaired) electrons. The molecule has 0 fully saturated rings. The fraction of sp³-hybridized carbons (Fsp3) is 0.0588. The topological polar surface area (TPSA) is 67.2 Å². The molecule has 3 aromatic rings. The van der Waals surface area contributed by atoms with Crippen LogP contribution in [-0.4, -0.2) is 28.0 Å². The molecule has 1 aromatic heterocycles. The van der Waals surface area contributed by atoms with Gasteiger partial charge in [0, 0.05) is 20.4 Å². The van der Waals surface area contributed by atoms with E-state index in [0.717, 1.165) is 20.9 Å². The Balaban J connectivity index is 2.14. The molecular formula is C17H11BrCl2N4O.